The number of hydrogen-bond donors (Lipinski definition) is 1. The summed E-state index contributed by atoms with van der Waals surface area (Å²) in [5, 5.41) is 3.06. The van der Waals surface area contributed by atoms with Gasteiger partial charge < -0.3 is 5.32 Å². The van der Waals surface area contributed by atoms with E-state index in [0.29, 0.717) is 0 Å². The van der Waals surface area contributed by atoms with E-state index in [0.717, 1.165) is 29.7 Å². The van der Waals surface area contributed by atoms with Crippen molar-refractivity contribution in [3.63, 3.8) is 0 Å². The SMILES string of the molecule is CCCC(C(=O)Nc1c(C)cccc1C)N(C)C. The van der Waals surface area contributed by atoms with Gasteiger partial charge in [0.15, 0.2) is 0 Å². The zero-order valence-electron chi connectivity index (χ0n) is 12.1. The number of nitrogens with one attached hydrogen (secondary N) is 1. The van der Waals surface area contributed by atoms with E-state index < -0.39 is 0 Å². The van der Waals surface area contributed by atoms with Crippen molar-refractivity contribution in [1.29, 1.82) is 0 Å². The van der Waals surface area contributed by atoms with Gasteiger partial charge in [0.05, 0.1) is 6.04 Å². The first-order chi connectivity index (χ1) is 8.47. The zero-order valence-corrected chi connectivity index (χ0v) is 12.1. The molecule has 0 aromatic heterocycles. The smallest absolute Gasteiger partial charge is 0.241 e. The van der Waals surface area contributed by atoms with Crippen LogP contribution in [0.25, 0.3) is 0 Å². The highest BCUT2D eigenvalue weighted by atomic mass is 16.2. The molecule has 3 nitrogen and oxygen atoms in total. The predicted molar refractivity (Wildman–Crippen MR) is 76.9 cm³/mol. The number of likely N-dealkylation sites (N-methyl/N-ethyl adjacent to an activating group) is 1. The largest absolute Gasteiger partial charge is 0.324 e. The molecule has 1 aromatic carbocycles. The van der Waals surface area contributed by atoms with Crippen molar-refractivity contribution in [3.8, 4) is 0 Å². The number of para-hydroxylation sites is 1. The maximum atomic E-state index is 12.3. The van der Waals surface area contributed by atoms with Crippen molar-refractivity contribution in [2.24, 2.45) is 0 Å². The lowest BCUT2D eigenvalue weighted by molar-refractivity contribution is -0.120. The third-order valence-electron chi connectivity index (χ3n) is 3.22. The number of amides is 1. The molecule has 1 aromatic rings. The van der Waals surface area contributed by atoms with E-state index in [-0.39, 0.29) is 11.9 Å². The fourth-order valence-corrected chi connectivity index (χ4v) is 2.12. The molecular weight excluding hydrogens is 224 g/mol. The summed E-state index contributed by atoms with van der Waals surface area (Å²) in [5.41, 5.74) is 3.17. The molecule has 0 bridgehead atoms. The van der Waals surface area contributed by atoms with Crippen LogP contribution in [0.1, 0.15) is 30.9 Å². The normalized spacial score (nSPS) is 12.6. The molecule has 3 heteroatoms. The molecule has 0 aliphatic rings. The summed E-state index contributed by atoms with van der Waals surface area (Å²) >= 11 is 0. The minimum absolute atomic E-state index is 0.0611. The van der Waals surface area contributed by atoms with E-state index in [9.17, 15) is 4.79 Å². The Morgan fingerprint density at radius 1 is 1.28 bits per heavy atom. The Morgan fingerprint density at radius 3 is 2.28 bits per heavy atom. The second-order valence-electron chi connectivity index (χ2n) is 5.02. The van der Waals surface area contributed by atoms with E-state index in [1.165, 1.54) is 0 Å². The van der Waals surface area contributed by atoms with Gasteiger partial charge in [-0.1, -0.05) is 31.5 Å². The Balaban J connectivity index is 2.86. The molecule has 0 fully saturated rings. The minimum atomic E-state index is -0.0611. The Morgan fingerprint density at radius 2 is 1.83 bits per heavy atom. The number of hydrogen-bond acceptors (Lipinski definition) is 2. The molecule has 0 radical (unpaired) electrons. The Hall–Kier alpha value is -1.35. The van der Waals surface area contributed by atoms with Gasteiger partial charge in [0, 0.05) is 5.69 Å². The number of aryl methyl sites for hydroxylation is 2. The van der Waals surface area contributed by atoms with Gasteiger partial charge in [-0.15, -0.1) is 0 Å². The van der Waals surface area contributed by atoms with Crippen LogP contribution in [0.5, 0.6) is 0 Å². The van der Waals surface area contributed by atoms with Crippen LogP contribution in [-0.2, 0) is 4.79 Å². The first-order valence-corrected chi connectivity index (χ1v) is 6.50. The quantitative estimate of drug-likeness (QED) is 0.869. The fraction of sp³-hybridized carbons (Fsp3) is 0.533. The number of rotatable bonds is 5. The molecule has 0 aliphatic heterocycles. The number of nitrogens with zero attached hydrogens (tertiary/aromatic N) is 1. The third-order valence-corrected chi connectivity index (χ3v) is 3.22. The van der Waals surface area contributed by atoms with Gasteiger partial charge in [0.25, 0.3) is 0 Å². The van der Waals surface area contributed by atoms with Crippen LogP contribution in [-0.4, -0.2) is 30.9 Å². The van der Waals surface area contributed by atoms with Crippen LogP contribution in [0.3, 0.4) is 0 Å². The van der Waals surface area contributed by atoms with Crippen molar-refractivity contribution in [1.82, 2.24) is 4.90 Å². The van der Waals surface area contributed by atoms with E-state index >= 15 is 0 Å². The topological polar surface area (TPSA) is 32.3 Å². The average molecular weight is 248 g/mol. The Kier molecular flexibility index (Phi) is 5.35. The summed E-state index contributed by atoms with van der Waals surface area (Å²) in [6.07, 6.45) is 1.88. The highest BCUT2D eigenvalue weighted by molar-refractivity contribution is 5.96. The van der Waals surface area contributed by atoms with Crippen LogP contribution in [0, 0.1) is 13.8 Å². The van der Waals surface area contributed by atoms with Gasteiger partial charge in [-0.3, -0.25) is 9.69 Å². The summed E-state index contributed by atoms with van der Waals surface area (Å²) in [4.78, 5) is 14.3. The Labute approximate surface area is 110 Å². The lowest BCUT2D eigenvalue weighted by Crippen LogP contribution is -2.39. The van der Waals surface area contributed by atoms with E-state index in [1.807, 2.05) is 51.0 Å². The van der Waals surface area contributed by atoms with Crippen LogP contribution < -0.4 is 5.32 Å². The molecule has 0 heterocycles. The number of benzene rings is 1. The predicted octanol–water partition coefficient (Wildman–Crippen LogP) is 2.97. The van der Waals surface area contributed by atoms with E-state index in [4.69, 9.17) is 0 Å². The maximum Gasteiger partial charge on any atom is 0.241 e. The van der Waals surface area contributed by atoms with Crippen LogP contribution in [0.4, 0.5) is 5.69 Å². The molecule has 1 N–H and O–H groups in total. The summed E-state index contributed by atoms with van der Waals surface area (Å²) in [6.45, 7) is 6.14. The maximum absolute atomic E-state index is 12.3. The molecule has 100 valence electrons. The van der Waals surface area contributed by atoms with E-state index in [2.05, 4.69) is 12.2 Å². The Bertz CT molecular complexity index is 393. The summed E-state index contributed by atoms with van der Waals surface area (Å²) in [7, 11) is 3.90. The fourth-order valence-electron chi connectivity index (χ4n) is 2.12. The van der Waals surface area contributed by atoms with Crippen LogP contribution >= 0.6 is 0 Å². The monoisotopic (exact) mass is 248 g/mol. The highest BCUT2D eigenvalue weighted by Crippen LogP contribution is 2.20. The summed E-state index contributed by atoms with van der Waals surface area (Å²) < 4.78 is 0. The number of carbonyl (C=O) groups is 1. The first-order valence-electron chi connectivity index (χ1n) is 6.50. The highest BCUT2D eigenvalue weighted by Gasteiger charge is 2.20. The molecule has 1 amide bonds. The lowest BCUT2D eigenvalue weighted by atomic mass is 10.1. The van der Waals surface area contributed by atoms with Gasteiger partial charge in [-0.05, 0) is 45.5 Å². The van der Waals surface area contributed by atoms with Crippen LogP contribution in [0.15, 0.2) is 18.2 Å². The van der Waals surface area contributed by atoms with Crippen molar-refractivity contribution in [3.05, 3.63) is 29.3 Å². The molecule has 1 unspecified atom stereocenters. The van der Waals surface area contributed by atoms with Crippen molar-refractivity contribution < 1.29 is 4.79 Å². The van der Waals surface area contributed by atoms with Crippen LogP contribution in [0.2, 0.25) is 0 Å². The van der Waals surface area contributed by atoms with E-state index in [1.54, 1.807) is 0 Å². The van der Waals surface area contributed by atoms with Crippen molar-refractivity contribution in [2.45, 2.75) is 39.7 Å². The molecule has 0 spiro atoms. The molecule has 18 heavy (non-hydrogen) atoms. The van der Waals surface area contributed by atoms with Crippen molar-refractivity contribution in [2.75, 3.05) is 19.4 Å². The number of anilines is 1. The molecule has 0 saturated carbocycles. The second-order valence-corrected chi connectivity index (χ2v) is 5.02. The zero-order chi connectivity index (χ0) is 13.7. The molecule has 0 saturated heterocycles. The van der Waals surface area contributed by atoms with Gasteiger partial charge >= 0.3 is 0 Å². The molecule has 1 atom stereocenters. The summed E-state index contributed by atoms with van der Waals surface area (Å²) in [6, 6.07) is 5.99. The molecule has 0 aliphatic carbocycles. The summed E-state index contributed by atoms with van der Waals surface area (Å²) in [5.74, 6) is 0.0826. The van der Waals surface area contributed by atoms with Gasteiger partial charge in [0.2, 0.25) is 5.91 Å². The van der Waals surface area contributed by atoms with Gasteiger partial charge in [0.1, 0.15) is 0 Å². The third kappa shape index (κ3) is 3.57. The minimum Gasteiger partial charge on any atom is -0.324 e. The standard InChI is InChI=1S/C15H24N2O/c1-6-8-13(17(4)5)15(18)16-14-11(2)9-7-10-12(14)3/h7,9-10,13H,6,8H2,1-5H3,(H,16,18). The van der Waals surface area contributed by atoms with Gasteiger partial charge in [-0.2, -0.15) is 0 Å². The van der Waals surface area contributed by atoms with Crippen molar-refractivity contribution >= 4 is 11.6 Å². The number of carbonyl (C=O) groups excluding carboxylic acids is 1. The molecular formula is C15H24N2O. The van der Waals surface area contributed by atoms with Gasteiger partial charge in [-0.25, -0.2) is 0 Å². The average Bonchev–Trinajstić information content (AvgIpc) is 2.30. The lowest BCUT2D eigenvalue weighted by Gasteiger charge is -2.23. The second kappa shape index (κ2) is 6.55. The molecule has 1 rings (SSSR count). The first kappa shape index (κ1) is 14.7.